The fourth-order valence-electron chi connectivity index (χ4n) is 2.92. The van der Waals surface area contributed by atoms with E-state index in [1.807, 2.05) is 13.8 Å². The highest BCUT2D eigenvalue weighted by Crippen LogP contribution is 2.23. The maximum Gasteiger partial charge on any atom is 0.260 e. The minimum absolute atomic E-state index is 0.0356. The average molecular weight is 429 g/mol. The molecule has 0 aliphatic rings. The number of carbonyl (C=O) groups excluding carboxylic acids is 2. The first-order chi connectivity index (χ1) is 14.2. The summed E-state index contributed by atoms with van der Waals surface area (Å²) in [5.74, 6) is -0.902. The number of benzene rings is 2. The third-order valence-electron chi connectivity index (χ3n) is 4.36. The van der Waals surface area contributed by atoms with Crippen LogP contribution >= 0.6 is 11.6 Å². The first-order valence-corrected chi connectivity index (χ1v) is 9.82. The van der Waals surface area contributed by atoms with Gasteiger partial charge in [0, 0.05) is 17.3 Å². The molecule has 0 fully saturated rings. The van der Waals surface area contributed by atoms with Crippen molar-refractivity contribution in [1.29, 1.82) is 0 Å². The number of aromatic nitrogens is 2. The normalized spacial score (nSPS) is 10.9. The molecule has 2 N–H and O–H groups in total. The van der Waals surface area contributed by atoms with Crippen molar-refractivity contribution in [3.63, 3.8) is 0 Å². The van der Waals surface area contributed by atoms with Crippen molar-refractivity contribution in [3.05, 3.63) is 81.9 Å². The topological polar surface area (TPSA) is 76.0 Å². The van der Waals surface area contributed by atoms with Crippen molar-refractivity contribution in [2.45, 2.75) is 33.4 Å². The Labute approximate surface area is 179 Å². The van der Waals surface area contributed by atoms with Crippen LogP contribution in [-0.2, 0) is 6.54 Å². The zero-order valence-electron chi connectivity index (χ0n) is 16.9. The molecule has 1 heterocycles. The summed E-state index contributed by atoms with van der Waals surface area (Å²) in [4.78, 5) is 24.8. The highest BCUT2D eigenvalue weighted by Gasteiger charge is 2.21. The first-order valence-electron chi connectivity index (χ1n) is 9.44. The molecule has 0 bridgehead atoms. The van der Waals surface area contributed by atoms with Gasteiger partial charge in [0.1, 0.15) is 11.0 Å². The molecule has 0 atom stereocenters. The van der Waals surface area contributed by atoms with Crippen LogP contribution in [-0.4, -0.2) is 27.6 Å². The Balaban J connectivity index is 1.73. The van der Waals surface area contributed by atoms with Crippen LogP contribution in [0.4, 0.5) is 10.1 Å². The van der Waals surface area contributed by atoms with E-state index in [1.54, 1.807) is 43.3 Å². The molecule has 3 rings (SSSR count). The molecule has 0 aliphatic carbocycles. The largest absolute Gasteiger partial charge is 0.350 e. The van der Waals surface area contributed by atoms with Gasteiger partial charge in [-0.05, 0) is 62.7 Å². The average Bonchev–Trinajstić information content (AvgIpc) is 2.96. The Morgan fingerprint density at radius 2 is 1.70 bits per heavy atom. The zero-order chi connectivity index (χ0) is 21.8. The van der Waals surface area contributed by atoms with Gasteiger partial charge < -0.3 is 10.6 Å². The second-order valence-corrected chi connectivity index (χ2v) is 7.55. The van der Waals surface area contributed by atoms with E-state index in [9.17, 15) is 14.0 Å². The molecule has 0 saturated carbocycles. The SMILES string of the molecule is Cc1nn(Cc2ccc(F)cc2)c(Cl)c1C(=O)Nc1ccc(C(=O)NC(C)C)cc1. The van der Waals surface area contributed by atoms with Crippen molar-refractivity contribution in [3.8, 4) is 0 Å². The quantitative estimate of drug-likeness (QED) is 0.610. The number of hydrogen-bond donors (Lipinski definition) is 2. The van der Waals surface area contributed by atoms with Crippen LogP contribution in [0.3, 0.4) is 0 Å². The predicted octanol–water partition coefficient (Wildman–Crippen LogP) is 4.42. The summed E-state index contributed by atoms with van der Waals surface area (Å²) in [5, 5.41) is 10.1. The van der Waals surface area contributed by atoms with Gasteiger partial charge in [-0.15, -0.1) is 0 Å². The van der Waals surface area contributed by atoms with Crippen molar-refractivity contribution >= 4 is 29.1 Å². The lowest BCUT2D eigenvalue weighted by Gasteiger charge is -2.09. The second kappa shape index (κ2) is 9.09. The molecular formula is C22H22ClFN4O2. The summed E-state index contributed by atoms with van der Waals surface area (Å²) in [5.41, 5.74) is 2.59. The van der Waals surface area contributed by atoms with Crippen LogP contribution in [0.5, 0.6) is 0 Å². The molecule has 2 amide bonds. The van der Waals surface area contributed by atoms with Crippen molar-refractivity contribution in [2.24, 2.45) is 0 Å². The van der Waals surface area contributed by atoms with Gasteiger partial charge >= 0.3 is 0 Å². The van der Waals surface area contributed by atoms with Gasteiger partial charge in [-0.1, -0.05) is 23.7 Å². The van der Waals surface area contributed by atoms with Gasteiger partial charge in [-0.2, -0.15) is 5.10 Å². The van der Waals surface area contributed by atoms with Gasteiger partial charge in [0.25, 0.3) is 11.8 Å². The van der Waals surface area contributed by atoms with Crippen LogP contribution in [0.1, 0.15) is 45.8 Å². The van der Waals surface area contributed by atoms with E-state index in [1.165, 1.54) is 16.8 Å². The van der Waals surface area contributed by atoms with E-state index >= 15 is 0 Å². The molecule has 6 nitrogen and oxygen atoms in total. The van der Waals surface area contributed by atoms with Crippen LogP contribution in [0, 0.1) is 12.7 Å². The Hall–Kier alpha value is -3.19. The number of amides is 2. The molecule has 8 heteroatoms. The van der Waals surface area contributed by atoms with Gasteiger partial charge in [0.05, 0.1) is 17.8 Å². The molecule has 0 saturated heterocycles. The summed E-state index contributed by atoms with van der Waals surface area (Å²) in [7, 11) is 0. The number of nitrogens with one attached hydrogen (secondary N) is 2. The predicted molar refractivity (Wildman–Crippen MR) is 114 cm³/mol. The molecule has 0 unspecified atom stereocenters. The van der Waals surface area contributed by atoms with Crippen molar-refractivity contribution < 1.29 is 14.0 Å². The molecule has 2 aromatic carbocycles. The minimum atomic E-state index is -0.401. The lowest BCUT2D eigenvalue weighted by Crippen LogP contribution is -2.30. The third-order valence-corrected chi connectivity index (χ3v) is 4.75. The van der Waals surface area contributed by atoms with Crippen LogP contribution in [0.15, 0.2) is 48.5 Å². The second-order valence-electron chi connectivity index (χ2n) is 7.19. The molecular weight excluding hydrogens is 407 g/mol. The van der Waals surface area contributed by atoms with Crippen molar-refractivity contribution in [1.82, 2.24) is 15.1 Å². The van der Waals surface area contributed by atoms with E-state index in [-0.39, 0.29) is 28.5 Å². The summed E-state index contributed by atoms with van der Waals surface area (Å²) >= 11 is 6.40. The lowest BCUT2D eigenvalue weighted by molar-refractivity contribution is 0.0942. The van der Waals surface area contributed by atoms with Crippen LogP contribution in [0.25, 0.3) is 0 Å². The van der Waals surface area contributed by atoms with Gasteiger partial charge in [-0.25, -0.2) is 9.07 Å². The van der Waals surface area contributed by atoms with Crippen LogP contribution < -0.4 is 10.6 Å². The molecule has 1 aromatic heterocycles. The van der Waals surface area contributed by atoms with Gasteiger partial charge in [-0.3, -0.25) is 9.59 Å². The lowest BCUT2D eigenvalue weighted by atomic mass is 10.1. The Morgan fingerprint density at radius 3 is 2.30 bits per heavy atom. The van der Waals surface area contributed by atoms with Gasteiger partial charge in [0.15, 0.2) is 0 Å². The number of carbonyl (C=O) groups is 2. The minimum Gasteiger partial charge on any atom is -0.350 e. The smallest absolute Gasteiger partial charge is 0.260 e. The van der Waals surface area contributed by atoms with E-state index in [4.69, 9.17) is 11.6 Å². The fraction of sp³-hybridized carbons (Fsp3) is 0.227. The van der Waals surface area contributed by atoms with E-state index in [0.29, 0.717) is 23.5 Å². The molecule has 0 spiro atoms. The zero-order valence-corrected chi connectivity index (χ0v) is 17.6. The summed E-state index contributed by atoms with van der Waals surface area (Å²) < 4.78 is 14.6. The highest BCUT2D eigenvalue weighted by atomic mass is 35.5. The molecule has 156 valence electrons. The third kappa shape index (κ3) is 5.04. The number of rotatable bonds is 6. The number of aryl methyl sites for hydroxylation is 1. The maximum atomic E-state index is 13.1. The van der Waals surface area contributed by atoms with E-state index in [2.05, 4.69) is 15.7 Å². The highest BCUT2D eigenvalue weighted by molar-refractivity contribution is 6.33. The summed E-state index contributed by atoms with van der Waals surface area (Å²) in [6.45, 7) is 5.78. The standard InChI is InChI=1S/C22H22ClFN4O2/c1-13(2)25-21(29)16-6-10-18(11-7-16)26-22(30)19-14(3)27-28(20(19)23)12-15-4-8-17(24)9-5-15/h4-11,13H,12H2,1-3H3,(H,25,29)(H,26,30). The molecule has 0 aliphatic heterocycles. The molecule has 30 heavy (non-hydrogen) atoms. The molecule has 3 aromatic rings. The Bertz CT molecular complexity index is 1060. The number of hydrogen-bond acceptors (Lipinski definition) is 3. The fourth-order valence-corrected chi connectivity index (χ4v) is 3.24. The van der Waals surface area contributed by atoms with Crippen molar-refractivity contribution in [2.75, 3.05) is 5.32 Å². The maximum absolute atomic E-state index is 13.1. The summed E-state index contributed by atoms with van der Waals surface area (Å²) in [6.07, 6.45) is 0. The number of anilines is 1. The summed E-state index contributed by atoms with van der Waals surface area (Å²) in [6, 6.07) is 12.6. The van der Waals surface area contributed by atoms with Crippen LogP contribution in [0.2, 0.25) is 5.15 Å². The van der Waals surface area contributed by atoms with E-state index in [0.717, 1.165) is 5.56 Å². The Kier molecular flexibility index (Phi) is 6.52. The Morgan fingerprint density at radius 1 is 1.07 bits per heavy atom. The van der Waals surface area contributed by atoms with Gasteiger partial charge in [0.2, 0.25) is 0 Å². The number of nitrogens with zero attached hydrogens (tertiary/aromatic N) is 2. The number of halogens is 2. The monoisotopic (exact) mass is 428 g/mol. The molecule has 0 radical (unpaired) electrons. The van der Waals surface area contributed by atoms with E-state index < -0.39 is 5.91 Å². The first kappa shape index (κ1) is 21.5.